The van der Waals surface area contributed by atoms with Crippen molar-refractivity contribution in [2.45, 2.75) is 45.0 Å². The van der Waals surface area contributed by atoms with Crippen molar-refractivity contribution in [2.75, 3.05) is 19.7 Å². The van der Waals surface area contributed by atoms with Crippen LogP contribution in [0.4, 0.5) is 0 Å². The maximum atomic E-state index is 5.76. The number of nitrogens with zero attached hydrogens (tertiary/aromatic N) is 4. The van der Waals surface area contributed by atoms with Gasteiger partial charge in [-0.25, -0.2) is 4.68 Å². The molecule has 2 aliphatic rings. The maximum absolute atomic E-state index is 5.76. The molecule has 1 saturated heterocycles. The van der Waals surface area contributed by atoms with E-state index < -0.39 is 0 Å². The summed E-state index contributed by atoms with van der Waals surface area (Å²) in [5.74, 6) is 1.74. The molecule has 4 rings (SSSR count). The fourth-order valence-electron chi connectivity index (χ4n) is 3.32. The molecule has 128 valence electrons. The second kappa shape index (κ2) is 6.78. The number of hydrogen-bond acceptors (Lipinski definition) is 4. The lowest BCUT2D eigenvalue weighted by atomic mass is 10.2. The number of ether oxygens (including phenoxy) is 1. The highest BCUT2D eigenvalue weighted by molar-refractivity contribution is 7.71. The highest BCUT2D eigenvalue weighted by Gasteiger charge is 2.30. The standard InChI is InChI=1S/C18H24N4OS/c1-14-11-20(9-10-23-14)13-22-18(24)21(17(19-22)16-7-8-16)12-15-5-3-2-4-6-15/h2-6,14,16H,7-13H2,1H3. The lowest BCUT2D eigenvalue weighted by Crippen LogP contribution is -2.42. The van der Waals surface area contributed by atoms with Crippen molar-refractivity contribution in [3.05, 3.63) is 46.5 Å². The molecule has 1 unspecified atom stereocenters. The van der Waals surface area contributed by atoms with Crippen molar-refractivity contribution in [3.8, 4) is 0 Å². The number of benzene rings is 1. The Balaban J connectivity index is 1.59. The Morgan fingerprint density at radius 1 is 1.25 bits per heavy atom. The van der Waals surface area contributed by atoms with E-state index in [9.17, 15) is 0 Å². The monoisotopic (exact) mass is 344 g/mol. The van der Waals surface area contributed by atoms with Crippen LogP contribution in [-0.4, -0.2) is 45.0 Å². The van der Waals surface area contributed by atoms with Gasteiger partial charge in [0.25, 0.3) is 0 Å². The average molecular weight is 344 g/mol. The van der Waals surface area contributed by atoms with Gasteiger partial charge in [0.15, 0.2) is 4.77 Å². The van der Waals surface area contributed by atoms with E-state index in [1.165, 1.54) is 18.4 Å². The van der Waals surface area contributed by atoms with Crippen LogP contribution >= 0.6 is 12.2 Å². The lowest BCUT2D eigenvalue weighted by Gasteiger charge is -2.30. The first-order valence-electron chi connectivity index (χ1n) is 8.76. The summed E-state index contributed by atoms with van der Waals surface area (Å²) in [6.07, 6.45) is 2.74. The first-order chi connectivity index (χ1) is 11.7. The Morgan fingerprint density at radius 2 is 2.04 bits per heavy atom. The molecule has 0 bridgehead atoms. The molecule has 1 aliphatic heterocycles. The van der Waals surface area contributed by atoms with E-state index in [0.717, 1.165) is 43.5 Å². The van der Waals surface area contributed by atoms with Crippen LogP contribution in [0.5, 0.6) is 0 Å². The Kier molecular flexibility index (Phi) is 4.52. The quantitative estimate of drug-likeness (QED) is 0.781. The van der Waals surface area contributed by atoms with Crippen molar-refractivity contribution in [3.63, 3.8) is 0 Å². The normalized spacial score (nSPS) is 22.0. The molecule has 2 aromatic rings. The molecule has 0 spiro atoms. The second-order valence-electron chi connectivity index (χ2n) is 6.89. The van der Waals surface area contributed by atoms with Gasteiger partial charge >= 0.3 is 0 Å². The summed E-state index contributed by atoms with van der Waals surface area (Å²) in [6.45, 7) is 6.35. The van der Waals surface area contributed by atoms with Gasteiger partial charge in [-0.2, -0.15) is 5.10 Å². The van der Waals surface area contributed by atoms with E-state index >= 15 is 0 Å². The first kappa shape index (κ1) is 16.0. The van der Waals surface area contributed by atoms with E-state index in [0.29, 0.717) is 5.92 Å². The largest absolute Gasteiger partial charge is 0.376 e. The molecule has 24 heavy (non-hydrogen) atoms. The molecular formula is C18H24N4OS. The minimum Gasteiger partial charge on any atom is -0.376 e. The summed E-state index contributed by atoms with van der Waals surface area (Å²) in [5, 5.41) is 4.88. The number of rotatable bonds is 5. The zero-order chi connectivity index (χ0) is 16.5. The highest BCUT2D eigenvalue weighted by atomic mass is 32.1. The SMILES string of the molecule is CC1CN(Cn2nc(C3CC3)n(Cc3ccccc3)c2=S)CCO1. The predicted molar refractivity (Wildman–Crippen MR) is 95.6 cm³/mol. The Hall–Kier alpha value is -1.50. The van der Waals surface area contributed by atoms with Crippen LogP contribution < -0.4 is 0 Å². The van der Waals surface area contributed by atoms with Crippen LogP contribution in [0, 0.1) is 4.77 Å². The molecule has 5 nitrogen and oxygen atoms in total. The van der Waals surface area contributed by atoms with Gasteiger partial charge in [-0.05, 0) is 37.5 Å². The van der Waals surface area contributed by atoms with Crippen LogP contribution in [-0.2, 0) is 18.0 Å². The fourth-order valence-corrected chi connectivity index (χ4v) is 3.57. The molecule has 1 saturated carbocycles. The van der Waals surface area contributed by atoms with E-state index in [4.69, 9.17) is 22.1 Å². The number of hydrogen-bond donors (Lipinski definition) is 0. The van der Waals surface area contributed by atoms with Crippen LogP contribution in [0.1, 0.15) is 37.1 Å². The maximum Gasteiger partial charge on any atom is 0.199 e. The van der Waals surface area contributed by atoms with Gasteiger partial charge in [0, 0.05) is 19.0 Å². The topological polar surface area (TPSA) is 35.2 Å². The van der Waals surface area contributed by atoms with Crippen molar-refractivity contribution < 1.29 is 4.74 Å². The van der Waals surface area contributed by atoms with Gasteiger partial charge in [0.1, 0.15) is 5.82 Å². The summed E-state index contributed by atoms with van der Waals surface area (Å²) in [7, 11) is 0. The molecule has 6 heteroatoms. The van der Waals surface area contributed by atoms with Crippen LogP contribution in [0.15, 0.2) is 30.3 Å². The molecule has 1 atom stereocenters. The lowest BCUT2D eigenvalue weighted by molar-refractivity contribution is -0.0307. The van der Waals surface area contributed by atoms with Crippen LogP contribution in [0.3, 0.4) is 0 Å². The summed E-state index contributed by atoms with van der Waals surface area (Å²) in [6, 6.07) is 10.5. The van der Waals surface area contributed by atoms with Crippen LogP contribution in [0.25, 0.3) is 0 Å². The first-order valence-corrected chi connectivity index (χ1v) is 9.17. The Bertz CT molecular complexity index is 750. The molecule has 0 amide bonds. The molecule has 2 heterocycles. The van der Waals surface area contributed by atoms with Crippen molar-refractivity contribution in [2.24, 2.45) is 0 Å². The van der Waals surface area contributed by atoms with E-state index in [2.05, 4.69) is 40.7 Å². The van der Waals surface area contributed by atoms with Gasteiger partial charge in [-0.15, -0.1) is 0 Å². The molecule has 0 N–H and O–H groups in total. The number of morpholine rings is 1. The molecule has 2 fully saturated rings. The summed E-state index contributed by atoms with van der Waals surface area (Å²) < 4.78 is 10.7. The predicted octanol–water partition coefficient (Wildman–Crippen LogP) is 3.02. The van der Waals surface area contributed by atoms with Gasteiger partial charge in [-0.1, -0.05) is 30.3 Å². The molecule has 0 radical (unpaired) electrons. The zero-order valence-corrected chi connectivity index (χ0v) is 14.9. The molecule has 1 aromatic heterocycles. The Morgan fingerprint density at radius 3 is 2.75 bits per heavy atom. The third-order valence-corrected chi connectivity index (χ3v) is 5.17. The summed E-state index contributed by atoms with van der Waals surface area (Å²) in [5.41, 5.74) is 1.27. The Labute approximate surface area is 147 Å². The molecule has 1 aromatic carbocycles. The van der Waals surface area contributed by atoms with Gasteiger partial charge in [0.2, 0.25) is 0 Å². The average Bonchev–Trinajstić information content (AvgIpc) is 3.38. The smallest absolute Gasteiger partial charge is 0.199 e. The summed E-state index contributed by atoms with van der Waals surface area (Å²) in [4.78, 5) is 2.38. The minimum atomic E-state index is 0.280. The van der Waals surface area contributed by atoms with Gasteiger partial charge < -0.3 is 4.74 Å². The molecule has 1 aliphatic carbocycles. The minimum absolute atomic E-state index is 0.280. The summed E-state index contributed by atoms with van der Waals surface area (Å²) >= 11 is 5.76. The fraction of sp³-hybridized carbons (Fsp3) is 0.556. The zero-order valence-electron chi connectivity index (χ0n) is 14.1. The van der Waals surface area contributed by atoms with E-state index in [1.54, 1.807) is 0 Å². The van der Waals surface area contributed by atoms with E-state index in [1.807, 2.05) is 10.7 Å². The van der Waals surface area contributed by atoms with Gasteiger partial charge in [0.05, 0.1) is 25.9 Å². The second-order valence-corrected chi connectivity index (χ2v) is 7.25. The highest BCUT2D eigenvalue weighted by Crippen LogP contribution is 2.39. The van der Waals surface area contributed by atoms with Crippen molar-refractivity contribution in [1.29, 1.82) is 0 Å². The van der Waals surface area contributed by atoms with Crippen molar-refractivity contribution in [1.82, 2.24) is 19.2 Å². The van der Waals surface area contributed by atoms with Crippen LogP contribution in [0.2, 0.25) is 0 Å². The third kappa shape index (κ3) is 3.45. The van der Waals surface area contributed by atoms with Crippen molar-refractivity contribution >= 4 is 12.2 Å². The third-order valence-electron chi connectivity index (χ3n) is 4.74. The van der Waals surface area contributed by atoms with Gasteiger partial charge in [-0.3, -0.25) is 9.47 Å². The van der Waals surface area contributed by atoms with E-state index in [-0.39, 0.29) is 6.10 Å². The number of aromatic nitrogens is 3. The molecular weight excluding hydrogens is 320 g/mol.